The molecule has 0 radical (unpaired) electrons. The number of phenols is 1. The van der Waals surface area contributed by atoms with Crippen molar-refractivity contribution < 1.29 is 34.8 Å². The normalized spacial score (nSPS) is 14.9. The second kappa shape index (κ2) is 8.75. The van der Waals surface area contributed by atoms with Crippen molar-refractivity contribution in [2.75, 3.05) is 19.5 Å². The fraction of sp³-hybridized carbons (Fsp3) is 0.571. The molecule has 0 spiro atoms. The first-order valence-corrected chi connectivity index (χ1v) is 8.94. The van der Waals surface area contributed by atoms with E-state index in [-0.39, 0.29) is 25.5 Å². The molecule has 0 aromatic heterocycles. The summed E-state index contributed by atoms with van der Waals surface area (Å²) in [5, 5.41) is 38.1. The van der Waals surface area contributed by atoms with E-state index in [0.717, 1.165) is 0 Å². The van der Waals surface area contributed by atoms with Crippen LogP contribution >= 0.6 is 7.60 Å². The first-order chi connectivity index (χ1) is 10.7. The fourth-order valence-corrected chi connectivity index (χ4v) is 3.19. The van der Waals surface area contributed by atoms with Gasteiger partial charge in [-0.15, -0.1) is 0 Å². The van der Waals surface area contributed by atoms with Gasteiger partial charge >= 0.3 is 7.60 Å². The Hall–Kier alpha value is -0.990. The van der Waals surface area contributed by atoms with E-state index in [1.54, 1.807) is 19.1 Å². The van der Waals surface area contributed by atoms with Crippen molar-refractivity contribution in [3.05, 3.63) is 29.3 Å². The monoisotopic (exact) mass is 349 g/mol. The van der Waals surface area contributed by atoms with E-state index in [2.05, 4.69) is 0 Å². The molecule has 2 unspecified atom stereocenters. The third kappa shape index (κ3) is 5.86. The van der Waals surface area contributed by atoms with Crippen LogP contribution in [0.1, 0.15) is 18.1 Å². The minimum Gasteiger partial charge on any atom is -0.507 e. The summed E-state index contributed by atoms with van der Waals surface area (Å²) >= 11 is 0. The molecule has 1 aromatic rings. The maximum Gasteiger partial charge on any atom is 0.339 e. The molecule has 0 fully saturated rings. The van der Waals surface area contributed by atoms with E-state index in [4.69, 9.17) is 0 Å². The first-order valence-electron chi connectivity index (χ1n) is 7.14. The summed E-state index contributed by atoms with van der Waals surface area (Å²) in [7, 11) is -4.41. The predicted octanol–water partition coefficient (Wildman–Crippen LogP) is -0.189. The third-order valence-corrected chi connectivity index (χ3v) is 4.45. The van der Waals surface area contributed by atoms with Crippen LogP contribution in [0.4, 0.5) is 0 Å². The minimum atomic E-state index is -4.41. The van der Waals surface area contributed by atoms with Crippen LogP contribution in [-0.4, -0.2) is 60.7 Å². The first kappa shape index (κ1) is 20.1. The van der Waals surface area contributed by atoms with Gasteiger partial charge in [0.1, 0.15) is 12.0 Å². The van der Waals surface area contributed by atoms with E-state index >= 15 is 0 Å². The zero-order valence-electron chi connectivity index (χ0n) is 12.9. The second-order valence-corrected chi connectivity index (χ2v) is 7.16. The molecule has 1 rings (SSSR count). The lowest BCUT2D eigenvalue weighted by Gasteiger charge is -2.34. The molecule has 132 valence electrons. The van der Waals surface area contributed by atoms with Crippen molar-refractivity contribution in [3.8, 4) is 5.75 Å². The molecule has 23 heavy (non-hydrogen) atoms. The van der Waals surface area contributed by atoms with E-state index in [1.165, 1.54) is 11.0 Å². The molecule has 2 atom stereocenters. The van der Waals surface area contributed by atoms with Gasteiger partial charge in [0.05, 0.1) is 13.2 Å². The Balaban J connectivity index is 3.12. The smallest absolute Gasteiger partial charge is 0.339 e. The summed E-state index contributed by atoms with van der Waals surface area (Å²) in [5.41, 5.74) is 0.669. The van der Waals surface area contributed by atoms with Crippen LogP contribution in [0.2, 0.25) is 0 Å². The highest BCUT2D eigenvalue weighted by molar-refractivity contribution is 7.51. The number of hydrogen-bond acceptors (Lipinski definition) is 6. The zero-order valence-corrected chi connectivity index (χ0v) is 13.8. The molecule has 0 bridgehead atoms. The highest BCUT2D eigenvalue weighted by Gasteiger charge is 2.29. The molecule has 0 aliphatic rings. The van der Waals surface area contributed by atoms with Crippen LogP contribution in [-0.2, 0) is 17.7 Å². The standard InChI is InChI=1S/C14H24NO7P/c1-10(6-16)13(8-18)15(9-23(20,21)22)5-11-3-2-4-12(7-17)14(11)19/h2-4,10,13,16-19H,5-9H2,1H3,(H2,20,21,22). The van der Waals surface area contributed by atoms with E-state index < -0.39 is 32.4 Å². The number of aliphatic hydroxyl groups excluding tert-OH is 3. The summed E-state index contributed by atoms with van der Waals surface area (Å²) in [6.45, 7) is 0.584. The van der Waals surface area contributed by atoms with Crippen molar-refractivity contribution in [1.29, 1.82) is 0 Å². The van der Waals surface area contributed by atoms with Gasteiger partial charge in [0, 0.05) is 30.3 Å². The van der Waals surface area contributed by atoms with Crippen LogP contribution in [0.3, 0.4) is 0 Å². The van der Waals surface area contributed by atoms with Gasteiger partial charge in [-0.25, -0.2) is 0 Å². The predicted molar refractivity (Wildman–Crippen MR) is 83.6 cm³/mol. The number of hydrogen-bond donors (Lipinski definition) is 6. The van der Waals surface area contributed by atoms with Crippen LogP contribution in [0, 0.1) is 5.92 Å². The third-order valence-electron chi connectivity index (χ3n) is 3.71. The number of nitrogens with zero attached hydrogens (tertiary/aromatic N) is 1. The van der Waals surface area contributed by atoms with Gasteiger partial charge in [-0.2, -0.15) is 0 Å². The lowest BCUT2D eigenvalue weighted by Crippen LogP contribution is -2.43. The number of rotatable bonds is 9. The quantitative estimate of drug-likeness (QED) is 0.337. The average molecular weight is 349 g/mol. The van der Waals surface area contributed by atoms with Crippen LogP contribution in [0.25, 0.3) is 0 Å². The van der Waals surface area contributed by atoms with E-state index in [9.17, 15) is 34.8 Å². The average Bonchev–Trinajstić information content (AvgIpc) is 2.48. The molecule has 0 heterocycles. The van der Waals surface area contributed by atoms with Crippen LogP contribution < -0.4 is 0 Å². The summed E-state index contributed by atoms with van der Waals surface area (Å²) in [6.07, 6.45) is -0.620. The van der Waals surface area contributed by atoms with Crippen molar-refractivity contribution in [3.63, 3.8) is 0 Å². The van der Waals surface area contributed by atoms with Gasteiger partial charge in [0.25, 0.3) is 0 Å². The Bertz CT molecular complexity index is 548. The lowest BCUT2D eigenvalue weighted by molar-refractivity contribution is 0.0628. The lowest BCUT2D eigenvalue weighted by atomic mass is 10.0. The van der Waals surface area contributed by atoms with Crippen molar-refractivity contribution in [1.82, 2.24) is 4.90 Å². The molecule has 6 N–H and O–H groups in total. The number of aliphatic hydroxyl groups is 3. The molecule has 0 aliphatic carbocycles. The Morgan fingerprint density at radius 2 is 1.74 bits per heavy atom. The molecule has 0 aliphatic heterocycles. The number of para-hydroxylation sites is 1. The van der Waals surface area contributed by atoms with Crippen LogP contribution in [0.15, 0.2) is 18.2 Å². The number of benzene rings is 1. The topological polar surface area (TPSA) is 142 Å². The SMILES string of the molecule is CC(CO)C(CO)N(Cc1cccc(CO)c1O)CP(=O)(O)O. The van der Waals surface area contributed by atoms with E-state index in [1.807, 2.05) is 0 Å². The van der Waals surface area contributed by atoms with Gasteiger partial charge in [0.15, 0.2) is 0 Å². The van der Waals surface area contributed by atoms with Gasteiger partial charge in [0.2, 0.25) is 0 Å². The van der Waals surface area contributed by atoms with Crippen LogP contribution in [0.5, 0.6) is 5.75 Å². The van der Waals surface area contributed by atoms with Gasteiger partial charge in [-0.05, 0) is 5.92 Å². The second-order valence-electron chi connectivity index (χ2n) is 5.55. The zero-order chi connectivity index (χ0) is 17.6. The molecular weight excluding hydrogens is 325 g/mol. The molecule has 0 saturated heterocycles. The van der Waals surface area contributed by atoms with Crippen molar-refractivity contribution in [2.24, 2.45) is 5.92 Å². The molecular formula is C14H24NO7P. The summed E-state index contributed by atoms with van der Waals surface area (Å²) < 4.78 is 11.4. The van der Waals surface area contributed by atoms with Gasteiger partial charge in [-0.1, -0.05) is 25.1 Å². The molecule has 1 aromatic carbocycles. The van der Waals surface area contributed by atoms with Gasteiger partial charge in [-0.3, -0.25) is 9.46 Å². The summed E-state index contributed by atoms with van der Waals surface area (Å²) in [5.74, 6) is -0.575. The highest BCUT2D eigenvalue weighted by Crippen LogP contribution is 2.38. The Labute approximate surface area is 134 Å². The van der Waals surface area contributed by atoms with Gasteiger partial charge < -0.3 is 30.2 Å². The minimum absolute atomic E-state index is 0.0413. The maximum absolute atomic E-state index is 11.4. The summed E-state index contributed by atoms with van der Waals surface area (Å²) in [4.78, 5) is 19.8. The Morgan fingerprint density at radius 3 is 2.22 bits per heavy atom. The largest absolute Gasteiger partial charge is 0.507 e. The highest BCUT2D eigenvalue weighted by atomic mass is 31.2. The Morgan fingerprint density at radius 1 is 1.13 bits per heavy atom. The molecule has 0 amide bonds. The molecule has 9 heteroatoms. The van der Waals surface area contributed by atoms with Crippen molar-refractivity contribution >= 4 is 7.60 Å². The molecule has 0 saturated carbocycles. The van der Waals surface area contributed by atoms with Crippen molar-refractivity contribution in [2.45, 2.75) is 26.1 Å². The fourth-order valence-electron chi connectivity index (χ4n) is 2.40. The summed E-state index contributed by atoms with van der Waals surface area (Å²) in [6, 6.07) is 4.02. The van der Waals surface area contributed by atoms with E-state index in [0.29, 0.717) is 11.1 Å². The Kier molecular flexibility index (Phi) is 7.63. The maximum atomic E-state index is 11.4. The molecule has 8 nitrogen and oxygen atoms in total. The number of aromatic hydroxyl groups is 1.